The molecule has 0 saturated carbocycles. The third-order valence-electron chi connectivity index (χ3n) is 3.32. The first-order valence-electron chi connectivity index (χ1n) is 6.45. The number of hydrogen-bond donors (Lipinski definition) is 3. The minimum absolute atomic E-state index is 0.0251. The molecule has 0 aromatic heterocycles. The zero-order valence-electron chi connectivity index (χ0n) is 11.7. The molecule has 1 aromatic carbocycles. The van der Waals surface area contributed by atoms with Gasteiger partial charge in [0.1, 0.15) is 0 Å². The van der Waals surface area contributed by atoms with E-state index in [0.29, 0.717) is 11.6 Å². The summed E-state index contributed by atoms with van der Waals surface area (Å²) in [7, 11) is 0. The smallest absolute Gasteiger partial charge is 0.337 e. The molecule has 2 atom stereocenters. The fourth-order valence-corrected chi connectivity index (χ4v) is 2.15. The second kappa shape index (κ2) is 7.47. The molecule has 0 bridgehead atoms. The maximum Gasteiger partial charge on any atom is 0.337 e. The van der Waals surface area contributed by atoms with Gasteiger partial charge >= 0.3 is 12.0 Å². The van der Waals surface area contributed by atoms with Gasteiger partial charge in [-0.2, -0.15) is 0 Å². The van der Waals surface area contributed by atoms with Crippen LogP contribution in [-0.2, 0) is 0 Å². The summed E-state index contributed by atoms with van der Waals surface area (Å²) in [6.07, 6.45) is 0.964. The van der Waals surface area contributed by atoms with Crippen molar-refractivity contribution in [3.8, 4) is 0 Å². The molecule has 0 heterocycles. The van der Waals surface area contributed by atoms with E-state index in [-0.39, 0.29) is 17.6 Å². The van der Waals surface area contributed by atoms with Crippen molar-refractivity contribution < 1.29 is 14.7 Å². The van der Waals surface area contributed by atoms with Crippen molar-refractivity contribution in [2.24, 2.45) is 5.92 Å². The lowest BCUT2D eigenvalue weighted by molar-refractivity contribution is 0.0698. The van der Waals surface area contributed by atoms with Crippen LogP contribution in [0.15, 0.2) is 18.2 Å². The fourth-order valence-electron chi connectivity index (χ4n) is 1.66. The quantitative estimate of drug-likeness (QED) is 0.673. The number of halogens is 1. The Kier molecular flexibility index (Phi) is 6.25. The van der Waals surface area contributed by atoms with Crippen molar-refractivity contribution in [2.75, 3.05) is 5.32 Å². The molecule has 0 aliphatic heterocycles. The van der Waals surface area contributed by atoms with E-state index in [1.807, 2.05) is 29.5 Å². The number of carboxylic acids is 1. The molecule has 0 fully saturated rings. The van der Waals surface area contributed by atoms with Crippen molar-refractivity contribution >= 4 is 40.3 Å². The molecule has 1 rings (SSSR count). The third-order valence-corrected chi connectivity index (χ3v) is 3.99. The van der Waals surface area contributed by atoms with Crippen LogP contribution in [0.2, 0.25) is 0 Å². The lowest BCUT2D eigenvalue weighted by Gasteiger charge is -2.20. The monoisotopic (exact) mass is 390 g/mol. The van der Waals surface area contributed by atoms with E-state index >= 15 is 0 Å². The first kappa shape index (κ1) is 16.7. The van der Waals surface area contributed by atoms with Gasteiger partial charge in [0, 0.05) is 9.61 Å². The number of carbonyl (C=O) groups is 2. The Hall–Kier alpha value is -1.31. The standard InChI is InChI=1S/C14H19IN2O3/c1-4-8(2)9(3)16-14(20)17-12-6-5-10(15)7-11(12)13(18)19/h5-9H,4H2,1-3H3,(H,18,19)(H2,16,17,20). The molecule has 20 heavy (non-hydrogen) atoms. The van der Waals surface area contributed by atoms with E-state index in [0.717, 1.165) is 9.99 Å². The van der Waals surface area contributed by atoms with Crippen LogP contribution in [0.3, 0.4) is 0 Å². The third kappa shape index (κ3) is 4.66. The Bertz CT molecular complexity index is 505. The minimum Gasteiger partial charge on any atom is -0.478 e. The number of carboxylic acid groups (broad SMARTS) is 1. The highest BCUT2D eigenvalue weighted by molar-refractivity contribution is 14.1. The van der Waals surface area contributed by atoms with Crippen molar-refractivity contribution in [1.29, 1.82) is 0 Å². The minimum atomic E-state index is -1.06. The van der Waals surface area contributed by atoms with Gasteiger partial charge in [-0.15, -0.1) is 0 Å². The normalized spacial score (nSPS) is 13.4. The summed E-state index contributed by atoms with van der Waals surface area (Å²) < 4.78 is 0.805. The second-order valence-electron chi connectivity index (χ2n) is 4.77. The number of hydrogen-bond acceptors (Lipinski definition) is 2. The molecular weight excluding hydrogens is 371 g/mol. The Morgan fingerprint density at radius 2 is 2.00 bits per heavy atom. The molecule has 0 saturated heterocycles. The molecule has 5 nitrogen and oxygen atoms in total. The van der Waals surface area contributed by atoms with Crippen molar-refractivity contribution in [3.05, 3.63) is 27.3 Å². The molecule has 3 N–H and O–H groups in total. The number of urea groups is 1. The Morgan fingerprint density at radius 3 is 2.55 bits per heavy atom. The first-order chi connectivity index (χ1) is 9.35. The summed E-state index contributed by atoms with van der Waals surface area (Å²) in [5.74, 6) is -0.704. The molecule has 0 spiro atoms. The summed E-state index contributed by atoms with van der Waals surface area (Å²) in [4.78, 5) is 23.0. The largest absolute Gasteiger partial charge is 0.478 e. The van der Waals surface area contributed by atoms with E-state index in [9.17, 15) is 9.59 Å². The van der Waals surface area contributed by atoms with Crippen molar-refractivity contribution in [1.82, 2.24) is 5.32 Å². The zero-order valence-corrected chi connectivity index (χ0v) is 13.9. The van der Waals surface area contributed by atoms with Crippen molar-refractivity contribution in [3.63, 3.8) is 0 Å². The van der Waals surface area contributed by atoms with Crippen LogP contribution in [0, 0.1) is 9.49 Å². The zero-order chi connectivity index (χ0) is 15.3. The second-order valence-corrected chi connectivity index (χ2v) is 6.01. The van der Waals surface area contributed by atoms with Gasteiger partial charge < -0.3 is 15.7 Å². The van der Waals surface area contributed by atoms with Crippen LogP contribution in [0.5, 0.6) is 0 Å². The van der Waals surface area contributed by atoms with Gasteiger partial charge in [0.2, 0.25) is 0 Å². The van der Waals surface area contributed by atoms with Gasteiger partial charge in [-0.25, -0.2) is 9.59 Å². The molecule has 0 aliphatic carbocycles. The molecule has 1 aromatic rings. The number of nitrogens with one attached hydrogen (secondary N) is 2. The van der Waals surface area contributed by atoms with E-state index < -0.39 is 5.97 Å². The lowest BCUT2D eigenvalue weighted by Crippen LogP contribution is -2.39. The molecule has 0 aliphatic rings. The molecule has 2 amide bonds. The number of aromatic carboxylic acids is 1. The first-order valence-corrected chi connectivity index (χ1v) is 7.53. The van der Waals surface area contributed by atoms with Gasteiger partial charge in [0.15, 0.2) is 0 Å². The van der Waals surface area contributed by atoms with Crippen LogP contribution < -0.4 is 10.6 Å². The average molecular weight is 390 g/mol. The summed E-state index contributed by atoms with van der Waals surface area (Å²) in [6, 6.07) is 4.51. The topological polar surface area (TPSA) is 78.4 Å². The number of carbonyl (C=O) groups excluding carboxylic acids is 1. The summed E-state index contributed by atoms with van der Waals surface area (Å²) in [5.41, 5.74) is 0.384. The summed E-state index contributed by atoms with van der Waals surface area (Å²) >= 11 is 2.03. The van der Waals surface area contributed by atoms with Gasteiger partial charge in [-0.05, 0) is 53.6 Å². The SMILES string of the molecule is CCC(C)C(C)NC(=O)Nc1ccc(I)cc1C(=O)O. The van der Waals surface area contributed by atoms with Crippen LogP contribution in [-0.4, -0.2) is 23.1 Å². The average Bonchev–Trinajstić information content (AvgIpc) is 2.39. The van der Waals surface area contributed by atoms with Gasteiger partial charge in [0.05, 0.1) is 11.3 Å². The maximum absolute atomic E-state index is 11.9. The highest BCUT2D eigenvalue weighted by Crippen LogP contribution is 2.19. The van der Waals surface area contributed by atoms with Crippen molar-refractivity contribution in [2.45, 2.75) is 33.2 Å². The van der Waals surface area contributed by atoms with Crippen LogP contribution in [0.25, 0.3) is 0 Å². The summed E-state index contributed by atoms with van der Waals surface area (Å²) in [5, 5.41) is 14.5. The van der Waals surface area contributed by atoms with Crippen LogP contribution >= 0.6 is 22.6 Å². The number of rotatable bonds is 5. The highest BCUT2D eigenvalue weighted by Gasteiger charge is 2.16. The van der Waals surface area contributed by atoms with Crippen LogP contribution in [0.1, 0.15) is 37.6 Å². The Labute approximate surface area is 132 Å². The molecular formula is C14H19IN2O3. The van der Waals surface area contributed by atoms with Gasteiger partial charge in [0.25, 0.3) is 0 Å². The van der Waals surface area contributed by atoms with E-state index in [2.05, 4.69) is 24.5 Å². The predicted octanol–water partition coefficient (Wildman–Crippen LogP) is 3.55. The molecule has 0 radical (unpaired) electrons. The Morgan fingerprint density at radius 1 is 1.35 bits per heavy atom. The molecule has 6 heteroatoms. The molecule has 2 unspecified atom stereocenters. The number of benzene rings is 1. The Balaban J connectivity index is 2.78. The molecule has 110 valence electrons. The summed E-state index contributed by atoms with van der Waals surface area (Å²) in [6.45, 7) is 6.04. The number of anilines is 1. The fraction of sp³-hybridized carbons (Fsp3) is 0.429. The van der Waals surface area contributed by atoms with Gasteiger partial charge in [-0.1, -0.05) is 20.3 Å². The number of amides is 2. The van der Waals surface area contributed by atoms with E-state index in [4.69, 9.17) is 5.11 Å². The predicted molar refractivity (Wildman–Crippen MR) is 87.2 cm³/mol. The van der Waals surface area contributed by atoms with E-state index in [1.54, 1.807) is 12.1 Å². The van der Waals surface area contributed by atoms with Gasteiger partial charge in [-0.3, -0.25) is 0 Å². The van der Waals surface area contributed by atoms with Crippen LogP contribution in [0.4, 0.5) is 10.5 Å². The van der Waals surface area contributed by atoms with E-state index in [1.165, 1.54) is 6.07 Å². The lowest BCUT2D eigenvalue weighted by atomic mass is 10.0. The maximum atomic E-state index is 11.9. The highest BCUT2D eigenvalue weighted by atomic mass is 127.